The van der Waals surface area contributed by atoms with Crippen LogP contribution in [0, 0.1) is 11.8 Å². The van der Waals surface area contributed by atoms with Gasteiger partial charge in [0.15, 0.2) is 0 Å². The molecule has 2 fully saturated rings. The van der Waals surface area contributed by atoms with Gasteiger partial charge in [-0.3, -0.25) is 4.79 Å². The van der Waals surface area contributed by atoms with Crippen LogP contribution in [-0.4, -0.2) is 33.1 Å². The van der Waals surface area contributed by atoms with E-state index >= 15 is 0 Å². The van der Waals surface area contributed by atoms with E-state index in [1.807, 2.05) is 0 Å². The number of hydrogen-bond acceptors (Lipinski definition) is 5. The van der Waals surface area contributed by atoms with Gasteiger partial charge >= 0.3 is 0 Å². The van der Waals surface area contributed by atoms with Gasteiger partial charge in [-0.1, -0.05) is 26.2 Å². The molecular weight excluding hydrogens is 304 g/mol. The summed E-state index contributed by atoms with van der Waals surface area (Å²) in [4.78, 5) is 20.6. The lowest BCUT2D eigenvalue weighted by atomic mass is 9.75. The summed E-state index contributed by atoms with van der Waals surface area (Å²) in [5.41, 5.74) is 6.69. The van der Waals surface area contributed by atoms with E-state index in [0.29, 0.717) is 17.4 Å². The van der Waals surface area contributed by atoms with Crippen molar-refractivity contribution in [2.75, 3.05) is 5.32 Å². The number of rotatable bonds is 6. The van der Waals surface area contributed by atoms with Crippen molar-refractivity contribution in [3.63, 3.8) is 0 Å². The molecule has 1 heterocycles. The summed E-state index contributed by atoms with van der Waals surface area (Å²) in [5, 5.41) is 13.0. The Morgan fingerprint density at radius 1 is 1.33 bits per heavy atom. The number of nitrogens with two attached hydrogens (primary N) is 1. The van der Waals surface area contributed by atoms with Crippen molar-refractivity contribution >= 4 is 11.9 Å². The first-order chi connectivity index (χ1) is 11.5. The van der Waals surface area contributed by atoms with Gasteiger partial charge in [-0.2, -0.15) is 0 Å². The fraction of sp³-hybridized carbons (Fsp3) is 0.722. The van der Waals surface area contributed by atoms with Crippen molar-refractivity contribution in [2.24, 2.45) is 17.6 Å². The highest BCUT2D eigenvalue weighted by molar-refractivity contribution is 5.93. The Hall–Kier alpha value is -1.69. The first kappa shape index (κ1) is 17.1. The number of hydrogen-bond donors (Lipinski definition) is 3. The predicted molar refractivity (Wildman–Crippen MR) is 92.6 cm³/mol. The molecule has 1 amide bonds. The quantitative estimate of drug-likeness (QED) is 0.742. The lowest BCUT2D eigenvalue weighted by molar-refractivity contribution is 0.0997. The SMILES string of the molecule is C[C@H](Cc1nc(NC2CCC(O)CC2)ncc1C(N)=O)C1CCC1. The molecule has 6 nitrogen and oxygen atoms in total. The minimum atomic E-state index is -0.460. The van der Waals surface area contributed by atoms with Crippen LogP contribution in [-0.2, 0) is 6.42 Å². The first-order valence-electron chi connectivity index (χ1n) is 9.13. The number of aromatic nitrogens is 2. The minimum absolute atomic E-state index is 0.180. The molecule has 0 spiro atoms. The lowest BCUT2D eigenvalue weighted by Gasteiger charge is -2.31. The largest absolute Gasteiger partial charge is 0.393 e. The second-order valence-electron chi connectivity index (χ2n) is 7.44. The summed E-state index contributed by atoms with van der Waals surface area (Å²) in [6, 6.07) is 0.282. The number of nitrogens with zero attached hydrogens (tertiary/aromatic N) is 2. The van der Waals surface area contributed by atoms with Gasteiger partial charge in [0, 0.05) is 12.2 Å². The second kappa shape index (κ2) is 7.47. The number of aliphatic hydroxyl groups excluding tert-OH is 1. The molecule has 1 atom stereocenters. The molecule has 2 aliphatic rings. The van der Waals surface area contributed by atoms with E-state index in [0.717, 1.165) is 43.7 Å². The third-order valence-corrected chi connectivity index (χ3v) is 5.63. The number of aliphatic hydroxyl groups is 1. The van der Waals surface area contributed by atoms with Gasteiger partial charge in [-0.25, -0.2) is 9.97 Å². The smallest absolute Gasteiger partial charge is 0.252 e. The molecule has 0 aliphatic heterocycles. The Morgan fingerprint density at radius 3 is 2.62 bits per heavy atom. The summed E-state index contributed by atoms with van der Waals surface area (Å²) in [5.74, 6) is 1.34. The zero-order valence-corrected chi connectivity index (χ0v) is 14.4. The van der Waals surface area contributed by atoms with E-state index in [-0.39, 0.29) is 12.1 Å². The summed E-state index contributed by atoms with van der Waals surface area (Å²) in [6.07, 6.45) is 9.43. The van der Waals surface area contributed by atoms with Gasteiger partial charge in [0.1, 0.15) is 0 Å². The molecule has 1 aromatic rings. The maximum atomic E-state index is 11.7. The Balaban J connectivity index is 1.71. The predicted octanol–water partition coefficient (Wildman–Crippen LogP) is 2.27. The van der Waals surface area contributed by atoms with Gasteiger partial charge in [0.2, 0.25) is 5.95 Å². The number of primary amides is 1. The minimum Gasteiger partial charge on any atom is -0.393 e. The van der Waals surface area contributed by atoms with Crippen LogP contribution in [0.5, 0.6) is 0 Å². The maximum absolute atomic E-state index is 11.7. The molecule has 0 saturated heterocycles. The fourth-order valence-corrected chi connectivity index (χ4v) is 3.73. The summed E-state index contributed by atoms with van der Waals surface area (Å²) < 4.78 is 0. The third-order valence-electron chi connectivity index (χ3n) is 5.63. The van der Waals surface area contributed by atoms with Crippen molar-refractivity contribution in [3.05, 3.63) is 17.5 Å². The average molecular weight is 332 g/mol. The normalized spacial score (nSPS) is 25.8. The van der Waals surface area contributed by atoms with Crippen molar-refractivity contribution in [3.8, 4) is 0 Å². The molecule has 3 rings (SSSR count). The highest BCUT2D eigenvalue weighted by Crippen LogP contribution is 2.35. The molecule has 0 bridgehead atoms. The number of nitrogens with one attached hydrogen (secondary N) is 1. The van der Waals surface area contributed by atoms with Gasteiger partial charge in [-0.05, 0) is 43.9 Å². The van der Waals surface area contributed by atoms with Crippen LogP contribution in [0.2, 0.25) is 0 Å². The van der Waals surface area contributed by atoms with E-state index in [4.69, 9.17) is 5.73 Å². The van der Waals surface area contributed by atoms with Crippen LogP contribution in [0.15, 0.2) is 6.20 Å². The number of anilines is 1. The molecule has 2 saturated carbocycles. The van der Waals surface area contributed by atoms with Gasteiger partial charge < -0.3 is 16.2 Å². The zero-order valence-electron chi connectivity index (χ0n) is 14.4. The molecule has 0 radical (unpaired) electrons. The van der Waals surface area contributed by atoms with Crippen molar-refractivity contribution in [2.45, 2.75) is 70.4 Å². The Kier molecular flexibility index (Phi) is 5.33. The van der Waals surface area contributed by atoms with Gasteiger partial charge in [0.25, 0.3) is 5.91 Å². The van der Waals surface area contributed by atoms with E-state index < -0.39 is 5.91 Å². The van der Waals surface area contributed by atoms with Crippen LogP contribution in [0.1, 0.15) is 67.9 Å². The van der Waals surface area contributed by atoms with E-state index in [1.54, 1.807) is 6.20 Å². The molecule has 24 heavy (non-hydrogen) atoms. The van der Waals surface area contributed by atoms with E-state index in [9.17, 15) is 9.90 Å². The molecule has 2 aliphatic carbocycles. The molecule has 4 N–H and O–H groups in total. The molecule has 132 valence electrons. The summed E-state index contributed by atoms with van der Waals surface area (Å²) in [7, 11) is 0. The Bertz CT molecular complexity index is 580. The highest BCUT2D eigenvalue weighted by atomic mass is 16.3. The van der Waals surface area contributed by atoms with Crippen LogP contribution in [0.25, 0.3) is 0 Å². The van der Waals surface area contributed by atoms with Crippen LogP contribution in [0.3, 0.4) is 0 Å². The molecule has 6 heteroatoms. The first-order valence-corrected chi connectivity index (χ1v) is 9.13. The number of carbonyl (C=O) groups is 1. The summed E-state index contributed by atoms with van der Waals surface area (Å²) >= 11 is 0. The highest BCUT2D eigenvalue weighted by Gasteiger charge is 2.26. The van der Waals surface area contributed by atoms with E-state index in [1.165, 1.54) is 19.3 Å². The maximum Gasteiger partial charge on any atom is 0.252 e. The second-order valence-corrected chi connectivity index (χ2v) is 7.44. The topological polar surface area (TPSA) is 101 Å². The molecular formula is C18H28N4O2. The van der Waals surface area contributed by atoms with Crippen molar-refractivity contribution in [1.82, 2.24) is 9.97 Å². The Labute approximate surface area is 143 Å². The molecule has 1 aromatic heterocycles. The lowest BCUT2D eigenvalue weighted by Crippen LogP contribution is -2.29. The number of carbonyl (C=O) groups excluding carboxylic acids is 1. The van der Waals surface area contributed by atoms with Gasteiger partial charge in [-0.15, -0.1) is 0 Å². The average Bonchev–Trinajstić information content (AvgIpc) is 2.47. The van der Waals surface area contributed by atoms with Gasteiger partial charge in [0.05, 0.1) is 17.4 Å². The zero-order chi connectivity index (χ0) is 17.1. The van der Waals surface area contributed by atoms with Crippen molar-refractivity contribution < 1.29 is 9.90 Å². The Morgan fingerprint density at radius 2 is 2.04 bits per heavy atom. The fourth-order valence-electron chi connectivity index (χ4n) is 3.73. The van der Waals surface area contributed by atoms with Crippen LogP contribution in [0.4, 0.5) is 5.95 Å². The van der Waals surface area contributed by atoms with E-state index in [2.05, 4.69) is 22.2 Å². The third kappa shape index (κ3) is 4.04. The summed E-state index contributed by atoms with van der Waals surface area (Å²) in [6.45, 7) is 2.23. The van der Waals surface area contributed by atoms with Crippen LogP contribution >= 0.6 is 0 Å². The standard InChI is InChI=1S/C18H28N4O2/c1-11(12-3-2-4-12)9-16-15(17(19)24)10-20-18(22-16)21-13-5-7-14(23)8-6-13/h10-14,23H,2-9H2,1H3,(H2,19,24)(H,20,21,22)/t11-,13?,14?/m1/s1. The monoisotopic (exact) mass is 332 g/mol. The molecule has 0 aromatic carbocycles. The number of amides is 1. The molecule has 0 unspecified atom stereocenters. The van der Waals surface area contributed by atoms with Crippen LogP contribution < -0.4 is 11.1 Å². The van der Waals surface area contributed by atoms with Crippen molar-refractivity contribution in [1.29, 1.82) is 0 Å².